The molecule has 2 N–H and O–H groups in total. The Balaban J connectivity index is 1.47. The molecule has 2 fully saturated rings. The van der Waals surface area contributed by atoms with Crippen molar-refractivity contribution in [3.05, 3.63) is 18.0 Å². The van der Waals surface area contributed by atoms with E-state index in [2.05, 4.69) is 15.3 Å². The Hall–Kier alpha value is -1.93. The van der Waals surface area contributed by atoms with E-state index in [1.807, 2.05) is 18.0 Å². The van der Waals surface area contributed by atoms with Gasteiger partial charge in [-0.1, -0.05) is 0 Å². The number of nitrogens with zero attached hydrogens (tertiary/aromatic N) is 4. The number of likely N-dealkylation sites (tertiary alicyclic amines) is 2. The van der Waals surface area contributed by atoms with Crippen LogP contribution in [0.5, 0.6) is 0 Å². The van der Waals surface area contributed by atoms with Gasteiger partial charge in [0.1, 0.15) is 6.54 Å². The van der Waals surface area contributed by atoms with Gasteiger partial charge in [0, 0.05) is 51.9 Å². The van der Waals surface area contributed by atoms with Crippen molar-refractivity contribution in [2.24, 2.45) is 0 Å². The van der Waals surface area contributed by atoms with Gasteiger partial charge in [-0.3, -0.25) is 14.3 Å². The summed E-state index contributed by atoms with van der Waals surface area (Å²) in [4.78, 5) is 27.9. The molecule has 3 rings (SSSR count). The van der Waals surface area contributed by atoms with E-state index in [-0.39, 0.29) is 24.4 Å². The molecule has 0 saturated carbocycles. The first-order chi connectivity index (χ1) is 13.3. The summed E-state index contributed by atoms with van der Waals surface area (Å²) >= 11 is 0. The fourth-order valence-corrected chi connectivity index (χ4v) is 4.32. The molecular weight excluding hydrogens is 358 g/mol. The largest absolute Gasteiger partial charge is 0.388 e. The Kier molecular flexibility index (Phi) is 6.72. The van der Waals surface area contributed by atoms with Crippen LogP contribution in [0.3, 0.4) is 0 Å². The maximum Gasteiger partial charge on any atom is 0.244 e. The number of β-amino-alcohol motifs (C(OH)–C–C–N with tert-alkyl or cyclic N) is 1. The minimum absolute atomic E-state index is 0.0240. The quantitative estimate of drug-likeness (QED) is 0.764. The summed E-state index contributed by atoms with van der Waals surface area (Å²) < 4.78 is 1.67. The van der Waals surface area contributed by atoms with Crippen LogP contribution in [-0.2, 0) is 16.1 Å². The topological polar surface area (TPSA) is 90.7 Å². The first-order valence-corrected chi connectivity index (χ1v) is 10.3. The van der Waals surface area contributed by atoms with Crippen LogP contribution in [0.4, 0.5) is 0 Å². The van der Waals surface area contributed by atoms with Gasteiger partial charge >= 0.3 is 0 Å². The van der Waals surface area contributed by atoms with Gasteiger partial charge in [0.2, 0.25) is 11.8 Å². The lowest BCUT2D eigenvalue weighted by molar-refractivity contribution is -0.132. The lowest BCUT2D eigenvalue weighted by Crippen LogP contribution is -2.50. The van der Waals surface area contributed by atoms with Crippen molar-refractivity contribution in [1.82, 2.24) is 24.9 Å². The summed E-state index contributed by atoms with van der Waals surface area (Å²) in [6.45, 7) is 7.44. The number of hydrogen-bond donors (Lipinski definition) is 2. The van der Waals surface area contributed by atoms with Crippen LogP contribution in [0.1, 0.15) is 44.6 Å². The predicted molar refractivity (Wildman–Crippen MR) is 106 cm³/mol. The molecule has 8 heteroatoms. The van der Waals surface area contributed by atoms with Gasteiger partial charge in [0.05, 0.1) is 11.8 Å². The predicted octanol–water partition coefficient (Wildman–Crippen LogP) is 0.536. The normalized spacial score (nSPS) is 24.8. The Labute approximate surface area is 166 Å². The maximum absolute atomic E-state index is 12.6. The average Bonchev–Trinajstić information content (AvgIpc) is 2.93. The third kappa shape index (κ3) is 5.78. The summed E-state index contributed by atoms with van der Waals surface area (Å²) in [6, 6.07) is 0.247. The molecule has 1 aromatic heterocycles. The standard InChI is InChI=1S/C20H33N5O3/c1-16-12-21-25(13-16)14-19(27)24-8-3-6-20(28,7-11-24)15-23-9-4-18(5-10-23)22-17(2)26/h12-13,18,28H,3-11,14-15H2,1-2H3,(H,22,26). The van der Waals surface area contributed by atoms with Crippen molar-refractivity contribution in [3.63, 3.8) is 0 Å². The van der Waals surface area contributed by atoms with Crippen LogP contribution in [0.25, 0.3) is 0 Å². The monoisotopic (exact) mass is 391 g/mol. The molecule has 2 amide bonds. The van der Waals surface area contributed by atoms with Crippen molar-refractivity contribution in [3.8, 4) is 0 Å². The molecule has 0 spiro atoms. The smallest absolute Gasteiger partial charge is 0.244 e. The molecule has 2 aliphatic heterocycles. The fourth-order valence-electron chi connectivity index (χ4n) is 4.32. The van der Waals surface area contributed by atoms with Gasteiger partial charge in [-0.2, -0.15) is 5.10 Å². The van der Waals surface area contributed by atoms with E-state index < -0.39 is 5.60 Å². The third-order valence-electron chi connectivity index (χ3n) is 5.84. The van der Waals surface area contributed by atoms with Crippen LogP contribution >= 0.6 is 0 Å². The lowest BCUT2D eigenvalue weighted by Gasteiger charge is -2.38. The molecular formula is C20H33N5O3. The van der Waals surface area contributed by atoms with Gasteiger partial charge in [0.15, 0.2) is 0 Å². The zero-order valence-electron chi connectivity index (χ0n) is 17.1. The number of carbonyl (C=O) groups excluding carboxylic acids is 2. The zero-order valence-corrected chi connectivity index (χ0v) is 17.1. The molecule has 1 unspecified atom stereocenters. The minimum Gasteiger partial charge on any atom is -0.388 e. The highest BCUT2D eigenvalue weighted by Gasteiger charge is 2.34. The van der Waals surface area contributed by atoms with Crippen molar-refractivity contribution >= 4 is 11.8 Å². The van der Waals surface area contributed by atoms with E-state index in [4.69, 9.17) is 0 Å². The number of nitrogens with one attached hydrogen (secondary N) is 1. The third-order valence-corrected chi connectivity index (χ3v) is 5.84. The molecule has 156 valence electrons. The number of aromatic nitrogens is 2. The number of piperidine rings is 1. The van der Waals surface area contributed by atoms with E-state index in [9.17, 15) is 14.7 Å². The molecule has 1 atom stereocenters. The highest BCUT2D eigenvalue weighted by molar-refractivity contribution is 5.76. The van der Waals surface area contributed by atoms with Gasteiger partial charge in [-0.05, 0) is 44.6 Å². The number of hydrogen-bond acceptors (Lipinski definition) is 5. The molecule has 0 bridgehead atoms. The highest BCUT2D eigenvalue weighted by atomic mass is 16.3. The second-order valence-corrected chi connectivity index (χ2v) is 8.42. The Morgan fingerprint density at radius 1 is 1.25 bits per heavy atom. The van der Waals surface area contributed by atoms with Gasteiger partial charge in [0.25, 0.3) is 0 Å². The van der Waals surface area contributed by atoms with Crippen LogP contribution in [0, 0.1) is 6.92 Å². The molecule has 0 radical (unpaired) electrons. The van der Waals surface area contributed by atoms with E-state index >= 15 is 0 Å². The molecule has 3 heterocycles. The zero-order chi connectivity index (χ0) is 20.1. The molecule has 0 aliphatic carbocycles. The molecule has 1 aromatic rings. The van der Waals surface area contributed by atoms with Crippen molar-refractivity contribution in [2.75, 3.05) is 32.7 Å². The summed E-state index contributed by atoms with van der Waals surface area (Å²) in [5, 5.41) is 18.3. The summed E-state index contributed by atoms with van der Waals surface area (Å²) in [5.74, 6) is 0.0827. The average molecular weight is 392 g/mol. The van der Waals surface area contributed by atoms with Gasteiger partial charge in [-0.25, -0.2) is 0 Å². The molecule has 8 nitrogen and oxygen atoms in total. The SMILES string of the molecule is CC(=O)NC1CCN(CC2(O)CCCN(C(=O)Cn3cc(C)cn3)CC2)CC1. The number of aryl methyl sites for hydroxylation is 1. The Bertz CT molecular complexity index is 683. The Morgan fingerprint density at radius 3 is 2.64 bits per heavy atom. The van der Waals surface area contributed by atoms with E-state index in [0.717, 1.165) is 37.9 Å². The number of amides is 2. The first kappa shape index (κ1) is 20.8. The molecule has 28 heavy (non-hydrogen) atoms. The maximum atomic E-state index is 12.6. The van der Waals surface area contributed by atoms with Gasteiger partial charge in [-0.15, -0.1) is 0 Å². The highest BCUT2D eigenvalue weighted by Crippen LogP contribution is 2.25. The van der Waals surface area contributed by atoms with E-state index in [0.29, 0.717) is 32.5 Å². The number of aliphatic hydroxyl groups is 1. The number of carbonyl (C=O) groups is 2. The van der Waals surface area contributed by atoms with Gasteiger partial charge < -0.3 is 20.2 Å². The number of rotatable bonds is 5. The van der Waals surface area contributed by atoms with Crippen LogP contribution in [-0.4, -0.2) is 80.9 Å². The van der Waals surface area contributed by atoms with Crippen LogP contribution in [0.2, 0.25) is 0 Å². The Morgan fingerprint density at radius 2 is 2.00 bits per heavy atom. The molecule has 2 saturated heterocycles. The second kappa shape index (κ2) is 9.05. The second-order valence-electron chi connectivity index (χ2n) is 8.42. The molecule has 0 aromatic carbocycles. The van der Waals surface area contributed by atoms with E-state index in [1.165, 1.54) is 0 Å². The van der Waals surface area contributed by atoms with Crippen LogP contribution < -0.4 is 5.32 Å². The van der Waals surface area contributed by atoms with Crippen molar-refractivity contribution in [2.45, 2.75) is 64.1 Å². The summed E-state index contributed by atoms with van der Waals surface area (Å²) in [6.07, 6.45) is 7.59. The van der Waals surface area contributed by atoms with Crippen LogP contribution in [0.15, 0.2) is 12.4 Å². The summed E-state index contributed by atoms with van der Waals surface area (Å²) in [5.41, 5.74) is 0.290. The van der Waals surface area contributed by atoms with Crippen molar-refractivity contribution < 1.29 is 14.7 Å². The molecule has 2 aliphatic rings. The van der Waals surface area contributed by atoms with Crippen molar-refractivity contribution in [1.29, 1.82) is 0 Å². The minimum atomic E-state index is -0.752. The lowest BCUT2D eigenvalue weighted by atomic mass is 9.93. The first-order valence-electron chi connectivity index (χ1n) is 10.3. The summed E-state index contributed by atoms with van der Waals surface area (Å²) in [7, 11) is 0. The fraction of sp³-hybridized carbons (Fsp3) is 0.750. The van der Waals surface area contributed by atoms with E-state index in [1.54, 1.807) is 17.8 Å².